The molecule has 0 radical (unpaired) electrons. The molecule has 1 aromatic heterocycles. The number of anilines is 2. The number of fused-ring (bicyclic) bond motifs is 1. The van der Waals surface area contributed by atoms with Crippen LogP contribution in [0.2, 0.25) is 0 Å². The summed E-state index contributed by atoms with van der Waals surface area (Å²) >= 11 is 0. The van der Waals surface area contributed by atoms with Gasteiger partial charge in [0.05, 0.1) is 18.0 Å². The molecule has 2 aromatic carbocycles. The molecule has 0 spiro atoms. The number of halogens is 1. The Labute approximate surface area is 155 Å². The molecule has 2 heterocycles. The topological polar surface area (TPSA) is 62.3 Å². The highest BCUT2D eigenvalue weighted by Crippen LogP contribution is 2.38. The molecule has 1 aliphatic heterocycles. The number of pyridine rings is 1. The van der Waals surface area contributed by atoms with Crippen molar-refractivity contribution in [3.8, 4) is 0 Å². The third-order valence-corrected chi connectivity index (χ3v) is 4.50. The number of rotatable bonds is 3. The Balaban J connectivity index is 1.86. The summed E-state index contributed by atoms with van der Waals surface area (Å²) in [5.74, 6) is -0.993. The molecule has 0 aliphatic carbocycles. The van der Waals surface area contributed by atoms with Crippen molar-refractivity contribution >= 4 is 23.2 Å². The summed E-state index contributed by atoms with van der Waals surface area (Å²) in [7, 11) is 0. The fraction of sp³-hybridized carbons (Fsp3) is 0.0952. The minimum absolute atomic E-state index is 0.0829. The number of nitrogens with one attached hydrogen (secondary N) is 1. The van der Waals surface area contributed by atoms with Gasteiger partial charge in [0.25, 0.3) is 5.91 Å². The summed E-state index contributed by atoms with van der Waals surface area (Å²) in [4.78, 5) is 31.0. The summed E-state index contributed by atoms with van der Waals surface area (Å²) < 4.78 is 13.9. The van der Waals surface area contributed by atoms with Gasteiger partial charge in [-0.1, -0.05) is 24.3 Å². The van der Waals surface area contributed by atoms with E-state index >= 15 is 0 Å². The van der Waals surface area contributed by atoms with Crippen molar-refractivity contribution in [1.82, 2.24) is 4.98 Å². The number of amides is 2. The number of hydrogen-bond acceptors (Lipinski definition) is 3. The fourth-order valence-corrected chi connectivity index (χ4v) is 3.31. The second kappa shape index (κ2) is 6.99. The first-order chi connectivity index (χ1) is 13.1. The lowest BCUT2D eigenvalue weighted by Crippen LogP contribution is -2.39. The van der Waals surface area contributed by atoms with Crippen molar-refractivity contribution in [3.63, 3.8) is 0 Å². The maximum absolute atomic E-state index is 13.9. The summed E-state index contributed by atoms with van der Waals surface area (Å²) in [6, 6.07) is 15.9. The van der Waals surface area contributed by atoms with Crippen molar-refractivity contribution in [1.29, 1.82) is 0 Å². The molecule has 3 aromatic rings. The van der Waals surface area contributed by atoms with E-state index in [4.69, 9.17) is 0 Å². The molecular formula is C21H16FN3O2. The molecule has 1 unspecified atom stereocenters. The molecule has 6 heteroatoms. The van der Waals surface area contributed by atoms with Gasteiger partial charge in [-0.05, 0) is 42.0 Å². The van der Waals surface area contributed by atoms with Crippen LogP contribution in [0.15, 0.2) is 73.1 Å². The van der Waals surface area contributed by atoms with Crippen molar-refractivity contribution in [2.45, 2.75) is 12.5 Å². The lowest BCUT2D eigenvalue weighted by atomic mass is 9.94. The Bertz CT molecular complexity index is 1010. The monoisotopic (exact) mass is 361 g/mol. The third-order valence-electron chi connectivity index (χ3n) is 4.50. The second-order valence-corrected chi connectivity index (χ2v) is 6.25. The SMILES string of the molecule is O=C1CC(N(C(=O)c2cccnc2)c2cccc(F)c2)c2ccccc2N1. The van der Waals surface area contributed by atoms with Crippen molar-refractivity contribution in [2.75, 3.05) is 10.2 Å². The van der Waals surface area contributed by atoms with Crippen LogP contribution in [0.25, 0.3) is 0 Å². The van der Waals surface area contributed by atoms with Crippen molar-refractivity contribution in [3.05, 3.63) is 90.0 Å². The van der Waals surface area contributed by atoms with Crippen LogP contribution < -0.4 is 10.2 Å². The smallest absolute Gasteiger partial charge is 0.260 e. The Hall–Kier alpha value is -3.54. The third kappa shape index (κ3) is 3.29. The van der Waals surface area contributed by atoms with Gasteiger partial charge in [-0.25, -0.2) is 4.39 Å². The van der Waals surface area contributed by atoms with Gasteiger partial charge >= 0.3 is 0 Å². The van der Waals surface area contributed by atoms with E-state index in [1.54, 1.807) is 36.5 Å². The molecule has 0 saturated heterocycles. The fourth-order valence-electron chi connectivity index (χ4n) is 3.31. The molecule has 4 rings (SSSR count). The number of carbonyl (C=O) groups excluding carboxylic acids is 2. The van der Waals surface area contributed by atoms with Crippen LogP contribution in [0.4, 0.5) is 15.8 Å². The molecule has 5 nitrogen and oxygen atoms in total. The van der Waals surface area contributed by atoms with E-state index < -0.39 is 11.9 Å². The van der Waals surface area contributed by atoms with Crippen LogP contribution in [0, 0.1) is 5.82 Å². The van der Waals surface area contributed by atoms with E-state index in [-0.39, 0.29) is 18.2 Å². The first kappa shape index (κ1) is 16.9. The Kier molecular flexibility index (Phi) is 4.38. The van der Waals surface area contributed by atoms with E-state index in [0.717, 1.165) is 5.56 Å². The average Bonchev–Trinajstić information content (AvgIpc) is 2.69. The number of nitrogens with zero attached hydrogens (tertiary/aromatic N) is 2. The largest absolute Gasteiger partial charge is 0.326 e. The molecule has 1 aliphatic rings. The van der Waals surface area contributed by atoms with Crippen LogP contribution in [-0.4, -0.2) is 16.8 Å². The van der Waals surface area contributed by atoms with Crippen LogP contribution in [-0.2, 0) is 4.79 Å². The maximum atomic E-state index is 13.9. The van der Waals surface area contributed by atoms with Crippen molar-refractivity contribution in [2.24, 2.45) is 0 Å². The predicted octanol–water partition coefficient (Wildman–Crippen LogP) is 3.95. The molecule has 134 valence electrons. The maximum Gasteiger partial charge on any atom is 0.260 e. The molecule has 1 N–H and O–H groups in total. The number of para-hydroxylation sites is 1. The van der Waals surface area contributed by atoms with E-state index in [1.165, 1.54) is 23.2 Å². The Morgan fingerprint density at radius 3 is 2.74 bits per heavy atom. The van der Waals surface area contributed by atoms with Crippen LogP contribution in [0.1, 0.15) is 28.4 Å². The minimum atomic E-state index is -0.551. The van der Waals surface area contributed by atoms with Gasteiger partial charge in [-0.2, -0.15) is 0 Å². The normalized spacial score (nSPS) is 15.6. The zero-order valence-corrected chi connectivity index (χ0v) is 14.3. The summed E-state index contributed by atoms with van der Waals surface area (Å²) in [5.41, 5.74) is 2.21. The van der Waals surface area contributed by atoms with Gasteiger partial charge in [0.1, 0.15) is 5.82 Å². The van der Waals surface area contributed by atoms with Gasteiger partial charge in [0.2, 0.25) is 5.91 Å². The van der Waals surface area contributed by atoms with Crippen molar-refractivity contribution < 1.29 is 14.0 Å². The highest BCUT2D eigenvalue weighted by Gasteiger charge is 2.34. The number of aromatic nitrogens is 1. The molecule has 0 fully saturated rings. The van der Waals surface area contributed by atoms with E-state index in [0.29, 0.717) is 16.9 Å². The lowest BCUT2D eigenvalue weighted by Gasteiger charge is -2.35. The number of hydrogen-bond donors (Lipinski definition) is 1. The second-order valence-electron chi connectivity index (χ2n) is 6.25. The van der Waals surface area contributed by atoms with E-state index in [2.05, 4.69) is 10.3 Å². The molecule has 2 amide bonds. The molecule has 0 saturated carbocycles. The summed E-state index contributed by atoms with van der Waals surface area (Å²) in [5, 5.41) is 2.82. The quantitative estimate of drug-likeness (QED) is 0.768. The lowest BCUT2D eigenvalue weighted by molar-refractivity contribution is -0.116. The van der Waals surface area contributed by atoms with Gasteiger partial charge in [0.15, 0.2) is 0 Å². The van der Waals surface area contributed by atoms with Gasteiger partial charge in [-0.15, -0.1) is 0 Å². The van der Waals surface area contributed by atoms with Gasteiger partial charge in [-0.3, -0.25) is 14.6 Å². The zero-order valence-electron chi connectivity index (χ0n) is 14.3. The van der Waals surface area contributed by atoms with Gasteiger partial charge in [0, 0.05) is 23.8 Å². The van der Waals surface area contributed by atoms with E-state index in [9.17, 15) is 14.0 Å². The standard InChI is InChI=1S/C21H16FN3O2/c22-15-6-3-7-16(11-15)25(21(27)14-5-4-10-23-13-14)19-12-20(26)24-18-9-2-1-8-17(18)19/h1-11,13,19H,12H2,(H,24,26). The highest BCUT2D eigenvalue weighted by atomic mass is 19.1. The number of benzene rings is 2. The minimum Gasteiger partial charge on any atom is -0.326 e. The molecule has 0 bridgehead atoms. The van der Waals surface area contributed by atoms with Gasteiger partial charge < -0.3 is 10.2 Å². The molecular weight excluding hydrogens is 345 g/mol. The Morgan fingerprint density at radius 2 is 1.96 bits per heavy atom. The van der Waals surface area contributed by atoms with Crippen LogP contribution in [0.3, 0.4) is 0 Å². The Morgan fingerprint density at radius 1 is 1.11 bits per heavy atom. The molecule has 27 heavy (non-hydrogen) atoms. The molecule has 1 atom stereocenters. The van der Waals surface area contributed by atoms with Crippen LogP contribution in [0.5, 0.6) is 0 Å². The zero-order chi connectivity index (χ0) is 18.8. The summed E-state index contributed by atoms with van der Waals surface area (Å²) in [6.45, 7) is 0. The van der Waals surface area contributed by atoms with Crippen LogP contribution >= 0.6 is 0 Å². The number of carbonyl (C=O) groups is 2. The average molecular weight is 361 g/mol. The first-order valence-corrected chi connectivity index (χ1v) is 8.51. The summed E-state index contributed by atoms with van der Waals surface area (Å²) in [6.07, 6.45) is 3.12. The highest BCUT2D eigenvalue weighted by molar-refractivity contribution is 6.08. The van der Waals surface area contributed by atoms with E-state index in [1.807, 2.05) is 18.2 Å². The predicted molar refractivity (Wildman–Crippen MR) is 99.9 cm³/mol. The first-order valence-electron chi connectivity index (χ1n) is 8.51.